The molecule has 2 atom stereocenters. The topological polar surface area (TPSA) is 26.0 Å². The molecule has 1 aromatic carbocycles. The van der Waals surface area contributed by atoms with Gasteiger partial charge >= 0.3 is 0 Å². The zero-order valence-electron chi connectivity index (χ0n) is 10.9. The molecule has 0 spiro atoms. The summed E-state index contributed by atoms with van der Waals surface area (Å²) in [5, 5.41) is 0. The quantitative estimate of drug-likeness (QED) is 0.852. The van der Waals surface area contributed by atoms with Crippen molar-refractivity contribution in [2.75, 3.05) is 0 Å². The van der Waals surface area contributed by atoms with E-state index >= 15 is 0 Å². The highest BCUT2D eigenvalue weighted by atomic mass is 19.1. The predicted octanol–water partition coefficient (Wildman–Crippen LogP) is 3.33. The third kappa shape index (κ3) is 2.44. The lowest BCUT2D eigenvalue weighted by molar-refractivity contribution is 0.0965. The van der Waals surface area contributed by atoms with Crippen LogP contribution in [0.5, 0.6) is 0 Å². The van der Waals surface area contributed by atoms with E-state index in [4.69, 9.17) is 5.73 Å². The van der Waals surface area contributed by atoms with Crippen LogP contribution < -0.4 is 5.73 Å². The average Bonchev–Trinajstić information content (AvgIpc) is 2.75. The molecule has 2 heteroatoms. The van der Waals surface area contributed by atoms with Crippen LogP contribution in [0.1, 0.15) is 48.8 Å². The van der Waals surface area contributed by atoms with Gasteiger partial charge in [-0.05, 0) is 61.6 Å². The highest BCUT2D eigenvalue weighted by molar-refractivity contribution is 5.35. The fourth-order valence-electron chi connectivity index (χ4n) is 3.62. The van der Waals surface area contributed by atoms with E-state index in [0.29, 0.717) is 19.3 Å². The average molecular weight is 247 g/mol. The van der Waals surface area contributed by atoms with Gasteiger partial charge in [-0.2, -0.15) is 0 Å². The standard InChI is InChI=1S/C16H22FN/c17-16(8-2-5-15(18)11-16)10-12-6-7-13-3-1-4-14(13)9-12/h6-7,9,15H,1-5,8,10-11,18H2. The van der Waals surface area contributed by atoms with Gasteiger partial charge in [0.2, 0.25) is 0 Å². The first-order chi connectivity index (χ1) is 8.65. The largest absolute Gasteiger partial charge is 0.328 e. The zero-order valence-corrected chi connectivity index (χ0v) is 10.9. The number of hydrogen-bond donors (Lipinski definition) is 1. The van der Waals surface area contributed by atoms with Crippen LogP contribution in [0.25, 0.3) is 0 Å². The second-order valence-corrected chi connectivity index (χ2v) is 6.14. The van der Waals surface area contributed by atoms with E-state index in [-0.39, 0.29) is 6.04 Å². The molecule has 0 heterocycles. The highest BCUT2D eigenvalue weighted by Gasteiger charge is 2.35. The van der Waals surface area contributed by atoms with Crippen molar-refractivity contribution in [2.24, 2.45) is 5.73 Å². The van der Waals surface area contributed by atoms with Crippen molar-refractivity contribution >= 4 is 0 Å². The number of hydrogen-bond acceptors (Lipinski definition) is 1. The Morgan fingerprint density at radius 3 is 2.89 bits per heavy atom. The number of aryl methyl sites for hydroxylation is 2. The second-order valence-electron chi connectivity index (χ2n) is 6.14. The molecule has 1 fully saturated rings. The molecule has 2 aliphatic rings. The first-order valence-corrected chi connectivity index (χ1v) is 7.20. The number of rotatable bonds is 2. The van der Waals surface area contributed by atoms with Gasteiger partial charge in [-0.15, -0.1) is 0 Å². The smallest absolute Gasteiger partial charge is 0.116 e. The summed E-state index contributed by atoms with van der Waals surface area (Å²) in [6, 6.07) is 6.59. The van der Waals surface area contributed by atoms with E-state index in [9.17, 15) is 4.39 Å². The molecule has 0 aliphatic heterocycles. The van der Waals surface area contributed by atoms with Crippen molar-refractivity contribution in [3.05, 3.63) is 34.9 Å². The third-order valence-corrected chi connectivity index (χ3v) is 4.51. The van der Waals surface area contributed by atoms with Crippen LogP contribution in [0.15, 0.2) is 18.2 Å². The Kier molecular flexibility index (Phi) is 3.14. The summed E-state index contributed by atoms with van der Waals surface area (Å²) in [7, 11) is 0. The van der Waals surface area contributed by atoms with Crippen molar-refractivity contribution < 1.29 is 4.39 Å². The molecule has 1 nitrogen and oxygen atoms in total. The van der Waals surface area contributed by atoms with Crippen LogP contribution >= 0.6 is 0 Å². The first-order valence-electron chi connectivity index (χ1n) is 7.20. The van der Waals surface area contributed by atoms with Gasteiger partial charge < -0.3 is 5.73 Å². The second kappa shape index (κ2) is 4.65. The Morgan fingerprint density at radius 1 is 1.22 bits per heavy atom. The molecule has 0 aromatic heterocycles. The summed E-state index contributed by atoms with van der Waals surface area (Å²) >= 11 is 0. The van der Waals surface area contributed by atoms with Crippen molar-refractivity contribution in [1.82, 2.24) is 0 Å². The van der Waals surface area contributed by atoms with E-state index in [0.717, 1.165) is 18.4 Å². The Morgan fingerprint density at radius 2 is 2.06 bits per heavy atom. The maximum Gasteiger partial charge on any atom is 0.116 e. The fraction of sp³-hybridized carbons (Fsp3) is 0.625. The molecular formula is C16H22FN. The normalized spacial score (nSPS) is 31.3. The molecule has 0 saturated heterocycles. The van der Waals surface area contributed by atoms with Gasteiger partial charge in [0, 0.05) is 12.5 Å². The summed E-state index contributed by atoms with van der Waals surface area (Å²) in [6.07, 6.45) is 7.29. The monoisotopic (exact) mass is 247 g/mol. The van der Waals surface area contributed by atoms with Gasteiger partial charge in [0.15, 0.2) is 0 Å². The molecule has 2 N–H and O–H groups in total. The molecule has 2 aliphatic carbocycles. The fourth-order valence-corrected chi connectivity index (χ4v) is 3.62. The van der Waals surface area contributed by atoms with Gasteiger partial charge in [0.05, 0.1) is 0 Å². The molecule has 1 aromatic rings. The van der Waals surface area contributed by atoms with Crippen LogP contribution in [0.2, 0.25) is 0 Å². The van der Waals surface area contributed by atoms with E-state index in [2.05, 4.69) is 18.2 Å². The van der Waals surface area contributed by atoms with Crippen molar-refractivity contribution in [3.63, 3.8) is 0 Å². The van der Waals surface area contributed by atoms with Crippen molar-refractivity contribution in [3.8, 4) is 0 Å². The summed E-state index contributed by atoms with van der Waals surface area (Å²) in [5.74, 6) is 0. The lowest BCUT2D eigenvalue weighted by atomic mass is 9.79. The third-order valence-electron chi connectivity index (χ3n) is 4.51. The summed E-state index contributed by atoms with van der Waals surface area (Å²) in [6.45, 7) is 0. The minimum absolute atomic E-state index is 0.0539. The Bertz CT molecular complexity index is 443. The number of benzene rings is 1. The molecule has 0 amide bonds. The lowest BCUT2D eigenvalue weighted by Crippen LogP contribution is -2.39. The summed E-state index contributed by atoms with van der Waals surface area (Å²) < 4.78 is 14.8. The van der Waals surface area contributed by atoms with Gasteiger partial charge in [0.1, 0.15) is 5.67 Å². The Labute approximate surface area is 109 Å². The van der Waals surface area contributed by atoms with Gasteiger partial charge in [-0.25, -0.2) is 4.39 Å². The van der Waals surface area contributed by atoms with Crippen LogP contribution in [0.3, 0.4) is 0 Å². The molecule has 18 heavy (non-hydrogen) atoms. The molecule has 2 unspecified atom stereocenters. The molecule has 0 radical (unpaired) electrons. The van der Waals surface area contributed by atoms with Crippen LogP contribution in [-0.4, -0.2) is 11.7 Å². The van der Waals surface area contributed by atoms with Crippen molar-refractivity contribution in [2.45, 2.75) is 63.1 Å². The number of fused-ring (bicyclic) bond motifs is 1. The lowest BCUT2D eigenvalue weighted by Gasteiger charge is -2.33. The predicted molar refractivity (Wildman–Crippen MR) is 72.5 cm³/mol. The van der Waals surface area contributed by atoms with Gasteiger partial charge in [-0.1, -0.05) is 18.2 Å². The first kappa shape index (κ1) is 12.2. The van der Waals surface area contributed by atoms with E-state index in [1.807, 2.05) is 0 Å². The van der Waals surface area contributed by atoms with Crippen molar-refractivity contribution in [1.29, 1.82) is 0 Å². The summed E-state index contributed by atoms with van der Waals surface area (Å²) in [4.78, 5) is 0. The number of alkyl halides is 1. The van der Waals surface area contributed by atoms with Crippen LogP contribution in [-0.2, 0) is 19.3 Å². The SMILES string of the molecule is NC1CCCC(F)(Cc2ccc3c(c2)CCC3)C1. The van der Waals surface area contributed by atoms with E-state index < -0.39 is 5.67 Å². The van der Waals surface area contributed by atoms with Gasteiger partial charge in [0.25, 0.3) is 0 Å². The Balaban J connectivity index is 1.75. The minimum Gasteiger partial charge on any atom is -0.328 e. The van der Waals surface area contributed by atoms with Crippen LogP contribution in [0, 0.1) is 0 Å². The Hall–Kier alpha value is -0.890. The molecule has 98 valence electrons. The van der Waals surface area contributed by atoms with Gasteiger partial charge in [-0.3, -0.25) is 0 Å². The zero-order chi connectivity index (χ0) is 12.6. The molecule has 3 rings (SSSR count). The highest BCUT2D eigenvalue weighted by Crippen LogP contribution is 2.35. The number of halogens is 1. The van der Waals surface area contributed by atoms with E-state index in [1.165, 1.54) is 30.4 Å². The maximum atomic E-state index is 14.8. The number of nitrogens with two attached hydrogens (primary N) is 1. The molecule has 1 saturated carbocycles. The summed E-state index contributed by atoms with van der Waals surface area (Å²) in [5.41, 5.74) is 8.91. The van der Waals surface area contributed by atoms with E-state index in [1.54, 1.807) is 0 Å². The minimum atomic E-state index is -1.06. The maximum absolute atomic E-state index is 14.8. The molecule has 0 bridgehead atoms. The molecular weight excluding hydrogens is 225 g/mol. The van der Waals surface area contributed by atoms with Crippen LogP contribution in [0.4, 0.5) is 4.39 Å².